The van der Waals surface area contributed by atoms with Crippen molar-refractivity contribution in [2.24, 2.45) is 34.3 Å². The lowest BCUT2D eigenvalue weighted by Crippen LogP contribution is -2.61. The fraction of sp³-hybridized carbons (Fsp3) is 0.700. The number of aliphatic carboxylic acids is 1. The lowest BCUT2D eigenvalue weighted by atomic mass is 9.46. The van der Waals surface area contributed by atoms with Gasteiger partial charge in [-0.3, -0.25) is 28.8 Å². The number of amides is 2. The molecule has 12 heteroatoms. The van der Waals surface area contributed by atoms with E-state index in [1.165, 1.54) is 0 Å². The largest absolute Gasteiger partial charge is 0.480 e. The number of carboxylic acid groups (broad SMARTS) is 1. The van der Waals surface area contributed by atoms with Crippen molar-refractivity contribution in [3.05, 3.63) is 11.6 Å². The first-order valence-corrected chi connectivity index (χ1v) is 14.6. The molecule has 3 fully saturated rings. The summed E-state index contributed by atoms with van der Waals surface area (Å²) in [6.45, 7) is 3.13. The van der Waals surface area contributed by atoms with Crippen molar-refractivity contribution in [2.75, 3.05) is 6.61 Å². The number of nitrogens with one attached hydrogen (secondary N) is 1. The van der Waals surface area contributed by atoms with Gasteiger partial charge in [0.1, 0.15) is 17.4 Å². The van der Waals surface area contributed by atoms with Gasteiger partial charge in [-0.25, -0.2) is 4.79 Å². The summed E-state index contributed by atoms with van der Waals surface area (Å²) < 4.78 is 5.09. The molecule has 12 nitrogen and oxygen atoms in total. The number of ether oxygens (including phenoxy) is 1. The molecule has 4 rings (SSSR count). The number of carbonyl (C=O) groups is 7. The highest BCUT2D eigenvalue weighted by Gasteiger charge is 2.68. The third kappa shape index (κ3) is 5.65. The van der Waals surface area contributed by atoms with E-state index in [-0.39, 0.29) is 55.0 Å². The van der Waals surface area contributed by atoms with Crippen molar-refractivity contribution >= 4 is 41.1 Å². The zero-order chi connectivity index (χ0) is 31.0. The summed E-state index contributed by atoms with van der Waals surface area (Å²) in [5.74, 6) is -4.67. The number of carbonyl (C=O) groups excluding carboxylic acids is 6. The molecular formula is C30H40N2O10. The number of primary amides is 1. The van der Waals surface area contributed by atoms with Crippen LogP contribution in [-0.2, 0) is 38.3 Å². The highest BCUT2D eigenvalue weighted by atomic mass is 16.5. The van der Waals surface area contributed by atoms with Crippen molar-refractivity contribution < 1.29 is 48.5 Å². The van der Waals surface area contributed by atoms with Crippen molar-refractivity contribution in [2.45, 2.75) is 96.1 Å². The molecule has 0 aromatic carbocycles. The molecule has 0 radical (unpaired) electrons. The van der Waals surface area contributed by atoms with Crippen molar-refractivity contribution in [1.82, 2.24) is 5.32 Å². The summed E-state index contributed by atoms with van der Waals surface area (Å²) >= 11 is 0. The number of aliphatic hydroxyl groups is 1. The molecule has 0 spiro atoms. The Labute approximate surface area is 243 Å². The lowest BCUT2D eigenvalue weighted by Gasteiger charge is -2.57. The maximum absolute atomic E-state index is 13.7. The summed E-state index contributed by atoms with van der Waals surface area (Å²) in [5, 5.41) is 23.1. The topological polar surface area (TPSA) is 207 Å². The third-order valence-corrected chi connectivity index (χ3v) is 10.5. The van der Waals surface area contributed by atoms with Gasteiger partial charge in [0, 0.05) is 37.0 Å². The molecule has 2 amide bonds. The van der Waals surface area contributed by atoms with Crippen LogP contribution >= 0.6 is 0 Å². The highest BCUT2D eigenvalue weighted by molar-refractivity contribution is 5.95. The van der Waals surface area contributed by atoms with E-state index in [1.807, 2.05) is 0 Å². The van der Waals surface area contributed by atoms with Crippen LogP contribution in [0.3, 0.4) is 0 Å². The number of fused-ring (bicyclic) bond motifs is 5. The Kier molecular flexibility index (Phi) is 8.78. The molecule has 5 N–H and O–H groups in total. The third-order valence-electron chi connectivity index (χ3n) is 10.5. The molecule has 0 saturated heterocycles. The molecular weight excluding hydrogens is 548 g/mol. The van der Waals surface area contributed by atoms with Gasteiger partial charge in [0.05, 0.1) is 6.42 Å². The lowest BCUT2D eigenvalue weighted by molar-refractivity contribution is -0.173. The first-order valence-electron chi connectivity index (χ1n) is 14.6. The number of hydrogen-bond acceptors (Lipinski definition) is 9. The van der Waals surface area contributed by atoms with Gasteiger partial charge >= 0.3 is 11.9 Å². The predicted octanol–water partition coefficient (Wildman–Crippen LogP) is 1.16. The van der Waals surface area contributed by atoms with E-state index in [0.717, 1.165) is 5.57 Å². The van der Waals surface area contributed by atoms with Crippen LogP contribution in [0.5, 0.6) is 0 Å². The van der Waals surface area contributed by atoms with Crippen LogP contribution in [0.1, 0.15) is 84.5 Å². The molecule has 3 saturated carbocycles. The Morgan fingerprint density at radius 1 is 1.07 bits per heavy atom. The Bertz CT molecular complexity index is 1240. The number of carboxylic acids is 1. The molecule has 230 valence electrons. The predicted molar refractivity (Wildman–Crippen MR) is 145 cm³/mol. The second-order valence-electron chi connectivity index (χ2n) is 12.8. The maximum Gasteiger partial charge on any atom is 0.326 e. The Balaban J connectivity index is 1.35. The molecule has 7 atom stereocenters. The molecule has 0 heterocycles. The number of ketones is 3. The number of nitrogens with two attached hydrogens (primary N) is 1. The number of Topliss-reactive ketones (excluding diaryl/α,β-unsaturated/α-hetero) is 2. The van der Waals surface area contributed by atoms with E-state index >= 15 is 0 Å². The summed E-state index contributed by atoms with van der Waals surface area (Å²) in [6, 6.07) is -1.35. The van der Waals surface area contributed by atoms with Crippen LogP contribution in [0, 0.1) is 28.6 Å². The molecule has 4 aliphatic rings. The van der Waals surface area contributed by atoms with Gasteiger partial charge in [0.25, 0.3) is 0 Å². The maximum atomic E-state index is 13.7. The zero-order valence-corrected chi connectivity index (χ0v) is 24.1. The average molecular weight is 589 g/mol. The molecule has 0 bridgehead atoms. The van der Waals surface area contributed by atoms with Gasteiger partial charge in [0.2, 0.25) is 17.6 Å². The quantitative estimate of drug-likeness (QED) is 0.253. The molecule has 0 aromatic rings. The van der Waals surface area contributed by atoms with Crippen LogP contribution in [0.2, 0.25) is 0 Å². The molecule has 0 aromatic heterocycles. The second kappa shape index (κ2) is 11.7. The van der Waals surface area contributed by atoms with Crippen LogP contribution in [0.15, 0.2) is 11.6 Å². The number of esters is 1. The van der Waals surface area contributed by atoms with Crippen LogP contribution < -0.4 is 11.1 Å². The molecule has 4 aliphatic carbocycles. The number of rotatable bonds is 11. The highest BCUT2D eigenvalue weighted by Crippen LogP contribution is 2.66. The molecule has 0 aliphatic heterocycles. The van der Waals surface area contributed by atoms with Crippen molar-refractivity contribution in [1.29, 1.82) is 0 Å². The van der Waals surface area contributed by atoms with Crippen molar-refractivity contribution in [3.8, 4) is 0 Å². The summed E-state index contributed by atoms with van der Waals surface area (Å²) in [5.41, 5.74) is 2.78. The van der Waals surface area contributed by atoms with Crippen molar-refractivity contribution in [3.63, 3.8) is 0 Å². The minimum atomic E-state index is -1.86. The fourth-order valence-corrected chi connectivity index (χ4v) is 8.21. The van der Waals surface area contributed by atoms with Gasteiger partial charge in [-0.1, -0.05) is 19.4 Å². The van der Waals surface area contributed by atoms with E-state index in [9.17, 15) is 43.8 Å². The summed E-state index contributed by atoms with van der Waals surface area (Å²) in [4.78, 5) is 85.7. The average Bonchev–Trinajstić information content (AvgIpc) is 3.19. The normalized spacial score (nSPS) is 34.3. The van der Waals surface area contributed by atoms with Gasteiger partial charge in [-0.2, -0.15) is 0 Å². The zero-order valence-electron chi connectivity index (χ0n) is 24.1. The van der Waals surface area contributed by atoms with Crippen LogP contribution in [0.25, 0.3) is 0 Å². The Morgan fingerprint density at radius 3 is 2.45 bits per heavy atom. The number of allylic oxidation sites excluding steroid dienone is 1. The van der Waals surface area contributed by atoms with E-state index in [2.05, 4.69) is 12.2 Å². The van der Waals surface area contributed by atoms with Gasteiger partial charge in [0.15, 0.2) is 12.4 Å². The SMILES string of the molecule is C[C@]12CCC(=O)C=C1CC[C@@H]1[C@@H]2C(=O)C[C@@]2(C)[C@H]1CC[C@]2(O)C(=O)COC(=O)CCC(=O)N[C@H](CCC(N)=O)C(=O)O. The van der Waals surface area contributed by atoms with E-state index in [1.54, 1.807) is 13.0 Å². The standard InChI is InChI=1S/C30H40N2O10/c1-28-11-9-17(33)13-16(28)3-4-18-19-10-12-30(41,29(19,2)14-21(34)26(18)28)22(35)15-42-25(38)8-7-24(37)32-20(27(39)40)5-6-23(31)36/h13,18-20,26,41H,3-12,14-15H2,1-2H3,(H2,31,36)(H,32,37)(H,39,40)/t18-,19-,20+,26+,28-,29-,30-/m0/s1. The van der Waals surface area contributed by atoms with Gasteiger partial charge < -0.3 is 26.0 Å². The smallest absolute Gasteiger partial charge is 0.326 e. The second-order valence-corrected chi connectivity index (χ2v) is 12.8. The molecule has 42 heavy (non-hydrogen) atoms. The van der Waals surface area contributed by atoms with E-state index in [0.29, 0.717) is 32.1 Å². The van der Waals surface area contributed by atoms with E-state index in [4.69, 9.17) is 10.5 Å². The Hall–Kier alpha value is -3.41. The number of hydrogen-bond donors (Lipinski definition) is 4. The minimum Gasteiger partial charge on any atom is -0.480 e. The first kappa shape index (κ1) is 31.5. The first-order chi connectivity index (χ1) is 19.6. The summed E-state index contributed by atoms with van der Waals surface area (Å²) in [6.07, 6.45) is 3.59. The monoisotopic (exact) mass is 588 g/mol. The van der Waals surface area contributed by atoms with Gasteiger partial charge in [-0.05, 0) is 61.9 Å². The Morgan fingerprint density at radius 2 is 1.79 bits per heavy atom. The fourth-order valence-electron chi connectivity index (χ4n) is 8.21. The van der Waals surface area contributed by atoms with Gasteiger partial charge in [-0.15, -0.1) is 0 Å². The summed E-state index contributed by atoms with van der Waals surface area (Å²) in [7, 11) is 0. The van der Waals surface area contributed by atoms with Crippen LogP contribution in [-0.4, -0.2) is 69.6 Å². The molecule has 0 unspecified atom stereocenters. The van der Waals surface area contributed by atoms with Crippen LogP contribution in [0.4, 0.5) is 0 Å². The van der Waals surface area contributed by atoms with E-state index < -0.39 is 71.5 Å². The minimum absolute atomic E-state index is 0.00664.